The number of rotatable bonds is 5. The third kappa shape index (κ3) is 5.23. The zero-order chi connectivity index (χ0) is 23.3. The standard InChI is InChI=1S/C30H35N3O/c1-22-7-5-6-10-29(22)24-15-17-33(18-16-24)28-13-11-27(12-14-28)32-30(34)26-19-25(20-31-21-26)23-8-3-2-4-9-23/h2-10,19-21,24,27-28H,11-18H2,1H3,(H,32,34). The fourth-order valence-electron chi connectivity index (χ4n) is 5.83. The smallest absolute Gasteiger partial charge is 0.253 e. The number of amides is 1. The lowest BCUT2D eigenvalue weighted by Gasteiger charge is -2.41. The minimum Gasteiger partial charge on any atom is -0.349 e. The van der Waals surface area contributed by atoms with Crippen LogP contribution in [0.4, 0.5) is 0 Å². The van der Waals surface area contributed by atoms with Crippen LogP contribution in [0.5, 0.6) is 0 Å². The predicted octanol–water partition coefficient (Wildman–Crippen LogP) is 5.98. The molecule has 0 spiro atoms. The van der Waals surface area contributed by atoms with Crippen molar-refractivity contribution in [2.75, 3.05) is 13.1 Å². The Morgan fingerprint density at radius 3 is 2.29 bits per heavy atom. The molecule has 4 nitrogen and oxygen atoms in total. The van der Waals surface area contributed by atoms with E-state index < -0.39 is 0 Å². The minimum atomic E-state index is -0.00669. The molecule has 176 valence electrons. The van der Waals surface area contributed by atoms with Crippen LogP contribution in [0.15, 0.2) is 73.1 Å². The van der Waals surface area contributed by atoms with E-state index in [1.807, 2.05) is 42.6 Å². The molecular formula is C30H35N3O. The predicted molar refractivity (Wildman–Crippen MR) is 138 cm³/mol. The van der Waals surface area contributed by atoms with E-state index in [1.165, 1.54) is 44.3 Å². The summed E-state index contributed by atoms with van der Waals surface area (Å²) in [6.45, 7) is 4.63. The topological polar surface area (TPSA) is 45.2 Å². The van der Waals surface area contributed by atoms with Crippen LogP contribution in [0.1, 0.15) is 65.9 Å². The zero-order valence-electron chi connectivity index (χ0n) is 20.1. The largest absolute Gasteiger partial charge is 0.349 e. The number of carbonyl (C=O) groups is 1. The Bertz CT molecular complexity index is 1100. The fraction of sp³-hybridized carbons (Fsp3) is 0.400. The van der Waals surface area contributed by atoms with Crippen molar-refractivity contribution in [2.45, 2.75) is 63.5 Å². The molecule has 0 unspecified atom stereocenters. The Morgan fingerprint density at radius 2 is 1.56 bits per heavy atom. The number of piperidine rings is 1. The van der Waals surface area contributed by atoms with Gasteiger partial charge in [-0.05, 0) is 87.2 Å². The Kier molecular flexibility index (Phi) is 7.05. The SMILES string of the molecule is Cc1ccccc1C1CCN(C2CCC(NC(=O)c3cncc(-c4ccccc4)c3)CC2)CC1. The highest BCUT2D eigenvalue weighted by Crippen LogP contribution is 2.33. The van der Waals surface area contributed by atoms with Crippen LogP contribution in [0.3, 0.4) is 0 Å². The number of aryl methyl sites for hydroxylation is 1. The molecule has 1 saturated carbocycles. The van der Waals surface area contributed by atoms with E-state index in [-0.39, 0.29) is 11.9 Å². The van der Waals surface area contributed by atoms with E-state index in [0.717, 1.165) is 24.0 Å². The summed E-state index contributed by atoms with van der Waals surface area (Å²) in [4.78, 5) is 19.9. The lowest BCUT2D eigenvalue weighted by molar-refractivity contribution is 0.0878. The molecule has 5 rings (SSSR count). The zero-order valence-corrected chi connectivity index (χ0v) is 20.1. The van der Waals surface area contributed by atoms with Crippen molar-refractivity contribution in [3.05, 3.63) is 89.7 Å². The van der Waals surface area contributed by atoms with Gasteiger partial charge in [0, 0.05) is 30.0 Å². The van der Waals surface area contributed by atoms with Crippen molar-refractivity contribution in [1.29, 1.82) is 0 Å². The van der Waals surface area contributed by atoms with Gasteiger partial charge in [0.1, 0.15) is 0 Å². The molecular weight excluding hydrogens is 418 g/mol. The van der Waals surface area contributed by atoms with Crippen molar-refractivity contribution in [3.63, 3.8) is 0 Å². The Morgan fingerprint density at radius 1 is 0.853 bits per heavy atom. The van der Waals surface area contributed by atoms with Crippen LogP contribution in [-0.4, -0.2) is 41.0 Å². The number of likely N-dealkylation sites (tertiary alicyclic amines) is 1. The maximum absolute atomic E-state index is 12.9. The molecule has 1 aliphatic carbocycles. The van der Waals surface area contributed by atoms with Crippen LogP contribution in [-0.2, 0) is 0 Å². The van der Waals surface area contributed by atoms with Crippen molar-refractivity contribution in [2.24, 2.45) is 0 Å². The maximum Gasteiger partial charge on any atom is 0.253 e. The van der Waals surface area contributed by atoms with Crippen LogP contribution in [0.25, 0.3) is 11.1 Å². The van der Waals surface area contributed by atoms with Gasteiger partial charge in [-0.25, -0.2) is 0 Å². The van der Waals surface area contributed by atoms with Crippen molar-refractivity contribution in [1.82, 2.24) is 15.2 Å². The monoisotopic (exact) mass is 453 g/mol. The first-order chi connectivity index (χ1) is 16.7. The lowest BCUT2D eigenvalue weighted by atomic mass is 9.84. The minimum absolute atomic E-state index is 0.00669. The van der Waals surface area contributed by atoms with E-state index in [4.69, 9.17) is 0 Å². The van der Waals surface area contributed by atoms with E-state index in [1.54, 1.807) is 11.8 Å². The Labute approximate surface area is 203 Å². The number of hydrogen-bond donors (Lipinski definition) is 1. The first kappa shape index (κ1) is 22.8. The molecule has 2 heterocycles. The summed E-state index contributed by atoms with van der Waals surface area (Å²) in [6.07, 6.45) is 10.5. The Hall–Kier alpha value is -2.98. The van der Waals surface area contributed by atoms with Gasteiger partial charge in [-0.15, -0.1) is 0 Å². The lowest BCUT2D eigenvalue weighted by Crippen LogP contribution is -2.46. The number of benzene rings is 2. The second kappa shape index (κ2) is 10.5. The Balaban J connectivity index is 1.11. The molecule has 0 atom stereocenters. The number of nitrogens with zero attached hydrogens (tertiary/aromatic N) is 2. The first-order valence-corrected chi connectivity index (χ1v) is 12.8. The van der Waals surface area contributed by atoms with Crippen LogP contribution in [0.2, 0.25) is 0 Å². The molecule has 1 N–H and O–H groups in total. The van der Waals surface area contributed by atoms with E-state index >= 15 is 0 Å². The average molecular weight is 454 g/mol. The summed E-state index contributed by atoms with van der Waals surface area (Å²) in [5.41, 5.74) is 5.67. The normalized spacial score (nSPS) is 21.8. The van der Waals surface area contributed by atoms with Crippen molar-refractivity contribution >= 4 is 5.91 Å². The average Bonchev–Trinajstić information content (AvgIpc) is 2.90. The molecule has 1 amide bonds. The second-order valence-electron chi connectivity index (χ2n) is 9.97. The first-order valence-electron chi connectivity index (χ1n) is 12.8. The van der Waals surface area contributed by atoms with Gasteiger partial charge in [0.25, 0.3) is 5.91 Å². The second-order valence-corrected chi connectivity index (χ2v) is 9.97. The van der Waals surface area contributed by atoms with Gasteiger partial charge >= 0.3 is 0 Å². The van der Waals surface area contributed by atoms with Crippen LogP contribution in [0, 0.1) is 6.92 Å². The molecule has 34 heavy (non-hydrogen) atoms. The van der Waals surface area contributed by atoms with Gasteiger partial charge in [-0.3, -0.25) is 9.78 Å². The third-order valence-corrected chi connectivity index (χ3v) is 7.81. The highest BCUT2D eigenvalue weighted by molar-refractivity contribution is 5.95. The third-order valence-electron chi connectivity index (χ3n) is 7.81. The van der Waals surface area contributed by atoms with E-state index in [2.05, 4.69) is 46.4 Å². The molecule has 0 bridgehead atoms. The van der Waals surface area contributed by atoms with Gasteiger partial charge in [0.2, 0.25) is 0 Å². The van der Waals surface area contributed by atoms with Gasteiger partial charge in [-0.1, -0.05) is 54.6 Å². The molecule has 2 aromatic carbocycles. The molecule has 1 saturated heterocycles. The summed E-state index contributed by atoms with van der Waals surface area (Å²) < 4.78 is 0. The molecule has 0 radical (unpaired) electrons. The quantitative estimate of drug-likeness (QED) is 0.517. The van der Waals surface area contributed by atoms with Gasteiger partial charge in [0.05, 0.1) is 5.56 Å². The highest BCUT2D eigenvalue weighted by atomic mass is 16.1. The number of aromatic nitrogens is 1. The molecule has 2 fully saturated rings. The summed E-state index contributed by atoms with van der Waals surface area (Å²) >= 11 is 0. The van der Waals surface area contributed by atoms with Gasteiger partial charge < -0.3 is 10.2 Å². The van der Waals surface area contributed by atoms with E-state index in [0.29, 0.717) is 17.5 Å². The van der Waals surface area contributed by atoms with Crippen molar-refractivity contribution < 1.29 is 4.79 Å². The van der Waals surface area contributed by atoms with Crippen molar-refractivity contribution in [3.8, 4) is 11.1 Å². The molecule has 2 aliphatic rings. The highest BCUT2D eigenvalue weighted by Gasteiger charge is 2.30. The fourth-order valence-corrected chi connectivity index (χ4v) is 5.83. The molecule has 1 aromatic heterocycles. The van der Waals surface area contributed by atoms with Crippen LogP contribution < -0.4 is 5.32 Å². The van der Waals surface area contributed by atoms with Gasteiger partial charge in [-0.2, -0.15) is 0 Å². The summed E-state index contributed by atoms with van der Waals surface area (Å²) in [7, 11) is 0. The van der Waals surface area contributed by atoms with E-state index in [9.17, 15) is 4.79 Å². The maximum atomic E-state index is 12.9. The van der Waals surface area contributed by atoms with Gasteiger partial charge in [0.15, 0.2) is 0 Å². The molecule has 4 heteroatoms. The summed E-state index contributed by atoms with van der Waals surface area (Å²) in [5, 5.41) is 3.27. The summed E-state index contributed by atoms with van der Waals surface area (Å²) in [5.74, 6) is 0.695. The van der Waals surface area contributed by atoms with Crippen LogP contribution >= 0.6 is 0 Å². The molecule has 1 aliphatic heterocycles. The summed E-state index contributed by atoms with van der Waals surface area (Å²) in [6, 6.07) is 21.8. The number of pyridine rings is 1. The number of carbonyl (C=O) groups excluding carboxylic acids is 1. The number of hydrogen-bond acceptors (Lipinski definition) is 3. The number of nitrogens with one attached hydrogen (secondary N) is 1. The molecule has 3 aromatic rings.